The first kappa shape index (κ1) is 12.5. The van der Waals surface area contributed by atoms with E-state index in [0.29, 0.717) is 13.2 Å². The van der Waals surface area contributed by atoms with Crippen molar-refractivity contribution in [1.29, 1.82) is 0 Å². The number of carbonyl (C=O) groups excluding carboxylic acids is 1. The SMILES string of the molecule is CCCCCCCCOC1CCOC1=O. The normalized spacial score (nSPS) is 20.6. The molecule has 88 valence electrons. The zero-order valence-corrected chi connectivity index (χ0v) is 9.67. The summed E-state index contributed by atoms with van der Waals surface area (Å²) in [5.41, 5.74) is 0. The van der Waals surface area contributed by atoms with E-state index in [1.165, 1.54) is 32.1 Å². The van der Waals surface area contributed by atoms with Crippen LogP contribution in [-0.4, -0.2) is 25.3 Å². The fraction of sp³-hybridized carbons (Fsp3) is 0.917. The minimum atomic E-state index is -0.277. The van der Waals surface area contributed by atoms with Crippen LogP contribution in [-0.2, 0) is 14.3 Å². The maximum absolute atomic E-state index is 11.0. The highest BCUT2D eigenvalue weighted by molar-refractivity contribution is 5.76. The molecule has 1 unspecified atom stereocenters. The summed E-state index contributed by atoms with van der Waals surface area (Å²) < 4.78 is 10.3. The number of cyclic esters (lactones) is 1. The quantitative estimate of drug-likeness (QED) is 0.460. The van der Waals surface area contributed by atoms with E-state index in [0.717, 1.165) is 12.8 Å². The molecule has 0 N–H and O–H groups in total. The van der Waals surface area contributed by atoms with E-state index >= 15 is 0 Å². The van der Waals surface area contributed by atoms with Gasteiger partial charge in [0.2, 0.25) is 0 Å². The highest BCUT2D eigenvalue weighted by Crippen LogP contribution is 2.11. The zero-order chi connectivity index (χ0) is 10.9. The molecule has 1 heterocycles. The first-order valence-electron chi connectivity index (χ1n) is 6.13. The van der Waals surface area contributed by atoms with Gasteiger partial charge in [-0.05, 0) is 6.42 Å². The third kappa shape index (κ3) is 5.17. The molecule has 0 aromatic rings. The van der Waals surface area contributed by atoms with Crippen molar-refractivity contribution in [2.75, 3.05) is 13.2 Å². The molecule has 1 rings (SSSR count). The molecule has 0 aliphatic carbocycles. The summed E-state index contributed by atoms with van der Waals surface area (Å²) >= 11 is 0. The van der Waals surface area contributed by atoms with Crippen molar-refractivity contribution in [3.8, 4) is 0 Å². The van der Waals surface area contributed by atoms with Gasteiger partial charge in [0.1, 0.15) is 0 Å². The third-order valence-corrected chi connectivity index (χ3v) is 2.70. The predicted octanol–water partition coefficient (Wildman–Crippen LogP) is 2.68. The largest absolute Gasteiger partial charge is 0.464 e. The average Bonchev–Trinajstić information content (AvgIpc) is 2.63. The predicted molar refractivity (Wildman–Crippen MR) is 58.7 cm³/mol. The fourth-order valence-electron chi connectivity index (χ4n) is 1.74. The summed E-state index contributed by atoms with van der Waals surface area (Å²) in [7, 11) is 0. The first-order chi connectivity index (χ1) is 7.34. The number of hydrogen-bond donors (Lipinski definition) is 0. The monoisotopic (exact) mass is 214 g/mol. The zero-order valence-electron chi connectivity index (χ0n) is 9.67. The molecule has 1 saturated heterocycles. The van der Waals surface area contributed by atoms with Crippen LogP contribution in [0.3, 0.4) is 0 Å². The lowest BCUT2D eigenvalue weighted by Gasteiger charge is -2.07. The summed E-state index contributed by atoms with van der Waals surface area (Å²) in [4.78, 5) is 11.0. The molecule has 1 fully saturated rings. The van der Waals surface area contributed by atoms with Gasteiger partial charge in [-0.25, -0.2) is 4.79 Å². The van der Waals surface area contributed by atoms with Crippen LogP contribution in [0.15, 0.2) is 0 Å². The highest BCUT2D eigenvalue weighted by atomic mass is 16.6. The number of rotatable bonds is 8. The Bertz CT molecular complexity index is 180. The maximum atomic E-state index is 11.0. The van der Waals surface area contributed by atoms with Crippen LogP contribution in [0.2, 0.25) is 0 Å². The van der Waals surface area contributed by atoms with Crippen LogP contribution in [0.5, 0.6) is 0 Å². The van der Waals surface area contributed by atoms with Crippen molar-refractivity contribution in [2.45, 2.75) is 58.0 Å². The standard InChI is InChI=1S/C12H22O3/c1-2-3-4-5-6-7-9-14-11-8-10-15-12(11)13/h11H,2-10H2,1H3. The lowest BCUT2D eigenvalue weighted by atomic mass is 10.1. The van der Waals surface area contributed by atoms with E-state index in [1.807, 2.05) is 0 Å². The van der Waals surface area contributed by atoms with Crippen LogP contribution < -0.4 is 0 Å². The van der Waals surface area contributed by atoms with E-state index < -0.39 is 0 Å². The van der Waals surface area contributed by atoms with Crippen LogP contribution in [0.4, 0.5) is 0 Å². The second-order valence-corrected chi connectivity index (χ2v) is 4.08. The van der Waals surface area contributed by atoms with Gasteiger partial charge in [-0.15, -0.1) is 0 Å². The van der Waals surface area contributed by atoms with Gasteiger partial charge >= 0.3 is 5.97 Å². The Hall–Kier alpha value is -0.570. The van der Waals surface area contributed by atoms with E-state index in [1.54, 1.807) is 0 Å². The second-order valence-electron chi connectivity index (χ2n) is 4.08. The van der Waals surface area contributed by atoms with E-state index in [-0.39, 0.29) is 12.1 Å². The van der Waals surface area contributed by atoms with E-state index in [4.69, 9.17) is 9.47 Å². The minimum absolute atomic E-state index is 0.180. The molecule has 0 radical (unpaired) electrons. The topological polar surface area (TPSA) is 35.5 Å². The molecule has 1 aliphatic rings. The second kappa shape index (κ2) is 7.69. The number of carbonyl (C=O) groups is 1. The molecule has 0 spiro atoms. The highest BCUT2D eigenvalue weighted by Gasteiger charge is 2.26. The van der Waals surface area contributed by atoms with Crippen LogP contribution in [0, 0.1) is 0 Å². The Morgan fingerprint density at radius 3 is 2.67 bits per heavy atom. The van der Waals surface area contributed by atoms with Gasteiger partial charge < -0.3 is 9.47 Å². The molecule has 15 heavy (non-hydrogen) atoms. The molecule has 1 aliphatic heterocycles. The van der Waals surface area contributed by atoms with Gasteiger partial charge in [0, 0.05) is 13.0 Å². The molecule has 3 nitrogen and oxygen atoms in total. The molecule has 1 atom stereocenters. The minimum Gasteiger partial charge on any atom is -0.464 e. The smallest absolute Gasteiger partial charge is 0.335 e. The van der Waals surface area contributed by atoms with Crippen molar-refractivity contribution in [1.82, 2.24) is 0 Å². The lowest BCUT2D eigenvalue weighted by molar-refractivity contribution is -0.147. The molecular weight excluding hydrogens is 192 g/mol. The van der Waals surface area contributed by atoms with Crippen molar-refractivity contribution in [3.05, 3.63) is 0 Å². The summed E-state index contributed by atoms with van der Waals surface area (Å²) in [6, 6.07) is 0. The molecule has 0 aromatic carbocycles. The summed E-state index contributed by atoms with van der Waals surface area (Å²) in [5, 5.41) is 0. The van der Waals surface area contributed by atoms with Crippen molar-refractivity contribution >= 4 is 5.97 Å². The lowest BCUT2D eigenvalue weighted by Crippen LogP contribution is -2.18. The van der Waals surface area contributed by atoms with Crippen molar-refractivity contribution in [2.24, 2.45) is 0 Å². The number of ether oxygens (including phenoxy) is 2. The number of unbranched alkanes of at least 4 members (excludes halogenated alkanes) is 5. The van der Waals surface area contributed by atoms with Gasteiger partial charge in [-0.2, -0.15) is 0 Å². The van der Waals surface area contributed by atoms with E-state index in [9.17, 15) is 4.79 Å². The van der Waals surface area contributed by atoms with Crippen LogP contribution in [0.1, 0.15) is 51.9 Å². The Kier molecular flexibility index (Phi) is 6.41. The molecule has 0 aromatic heterocycles. The summed E-state index contributed by atoms with van der Waals surface area (Å²) in [5.74, 6) is -0.180. The summed E-state index contributed by atoms with van der Waals surface area (Å²) in [6.45, 7) is 3.45. The fourth-order valence-corrected chi connectivity index (χ4v) is 1.74. The van der Waals surface area contributed by atoms with Crippen molar-refractivity contribution in [3.63, 3.8) is 0 Å². The average molecular weight is 214 g/mol. The van der Waals surface area contributed by atoms with Crippen molar-refractivity contribution < 1.29 is 14.3 Å². The number of esters is 1. The van der Waals surface area contributed by atoms with Gasteiger partial charge in [0.05, 0.1) is 6.61 Å². The Morgan fingerprint density at radius 2 is 2.00 bits per heavy atom. The molecular formula is C12H22O3. The van der Waals surface area contributed by atoms with E-state index in [2.05, 4.69) is 6.92 Å². The Labute approximate surface area is 92.1 Å². The Morgan fingerprint density at radius 1 is 1.27 bits per heavy atom. The first-order valence-corrected chi connectivity index (χ1v) is 6.13. The Balaban J connectivity index is 1.86. The molecule has 0 bridgehead atoms. The maximum Gasteiger partial charge on any atom is 0.335 e. The van der Waals surface area contributed by atoms with Gasteiger partial charge in [-0.1, -0.05) is 39.0 Å². The van der Waals surface area contributed by atoms with Gasteiger partial charge in [-0.3, -0.25) is 0 Å². The third-order valence-electron chi connectivity index (χ3n) is 2.70. The van der Waals surface area contributed by atoms with Crippen LogP contribution in [0.25, 0.3) is 0 Å². The summed E-state index contributed by atoms with van der Waals surface area (Å²) in [6.07, 6.45) is 7.94. The van der Waals surface area contributed by atoms with Crippen LogP contribution >= 0.6 is 0 Å². The molecule has 0 saturated carbocycles. The van der Waals surface area contributed by atoms with Gasteiger partial charge in [0.15, 0.2) is 6.10 Å². The number of hydrogen-bond acceptors (Lipinski definition) is 3. The van der Waals surface area contributed by atoms with Gasteiger partial charge in [0.25, 0.3) is 0 Å². The molecule has 0 amide bonds. The molecule has 3 heteroatoms.